The first-order chi connectivity index (χ1) is 15.2. The maximum Gasteiger partial charge on any atom is 0.234 e. The quantitative estimate of drug-likeness (QED) is 0.743. The van der Waals surface area contributed by atoms with Gasteiger partial charge >= 0.3 is 0 Å². The highest BCUT2D eigenvalue weighted by Crippen LogP contribution is 2.20. The molecule has 0 spiro atoms. The zero-order valence-corrected chi connectivity index (χ0v) is 18.5. The highest BCUT2D eigenvalue weighted by molar-refractivity contribution is 5.78. The molecule has 0 aliphatic carbocycles. The van der Waals surface area contributed by atoms with Gasteiger partial charge in [-0.25, -0.2) is 0 Å². The van der Waals surface area contributed by atoms with Crippen molar-refractivity contribution in [2.24, 2.45) is 0 Å². The molecular weight excluding hydrogens is 388 g/mol. The van der Waals surface area contributed by atoms with E-state index in [0.717, 1.165) is 64.4 Å². The Bertz CT molecular complexity index is 811. The fourth-order valence-electron chi connectivity index (χ4n) is 4.51. The molecule has 31 heavy (non-hydrogen) atoms. The van der Waals surface area contributed by atoms with Crippen molar-refractivity contribution in [2.75, 3.05) is 57.8 Å². The highest BCUT2D eigenvalue weighted by atomic mass is 16.5. The molecule has 2 aliphatic rings. The molecule has 0 unspecified atom stereocenters. The Morgan fingerprint density at radius 1 is 0.903 bits per heavy atom. The van der Waals surface area contributed by atoms with Crippen LogP contribution in [0.2, 0.25) is 0 Å². The Kier molecular flexibility index (Phi) is 7.43. The number of ether oxygens (including phenoxy) is 1. The van der Waals surface area contributed by atoms with Crippen LogP contribution in [0.15, 0.2) is 54.6 Å². The number of nitrogens with zero attached hydrogens (tertiary/aromatic N) is 3. The molecule has 0 aromatic heterocycles. The van der Waals surface area contributed by atoms with Crippen LogP contribution in [0.25, 0.3) is 0 Å². The van der Waals surface area contributed by atoms with Gasteiger partial charge in [-0.1, -0.05) is 30.3 Å². The zero-order chi connectivity index (χ0) is 21.5. The summed E-state index contributed by atoms with van der Waals surface area (Å²) in [4.78, 5) is 19.7. The van der Waals surface area contributed by atoms with Gasteiger partial charge < -0.3 is 15.0 Å². The topological polar surface area (TPSA) is 48.1 Å². The lowest BCUT2D eigenvalue weighted by atomic mass is 10.0. The lowest BCUT2D eigenvalue weighted by Crippen LogP contribution is -2.51. The molecule has 4 rings (SSSR count). The maximum absolute atomic E-state index is 12.6. The first-order valence-corrected chi connectivity index (χ1v) is 11.4. The summed E-state index contributed by atoms with van der Waals surface area (Å²) in [6.45, 7) is 7.29. The van der Waals surface area contributed by atoms with Crippen molar-refractivity contribution in [2.45, 2.75) is 25.4 Å². The molecule has 0 saturated carbocycles. The van der Waals surface area contributed by atoms with Crippen LogP contribution >= 0.6 is 0 Å². The van der Waals surface area contributed by atoms with E-state index >= 15 is 0 Å². The van der Waals surface area contributed by atoms with Crippen molar-refractivity contribution in [3.8, 4) is 5.75 Å². The van der Waals surface area contributed by atoms with Crippen molar-refractivity contribution in [3.63, 3.8) is 0 Å². The van der Waals surface area contributed by atoms with Crippen LogP contribution in [0.5, 0.6) is 5.75 Å². The predicted molar refractivity (Wildman–Crippen MR) is 125 cm³/mol. The predicted octanol–water partition coefficient (Wildman–Crippen LogP) is 2.60. The maximum atomic E-state index is 12.6. The van der Waals surface area contributed by atoms with Crippen LogP contribution in [0, 0.1) is 0 Å². The molecule has 0 atom stereocenters. The van der Waals surface area contributed by atoms with E-state index in [1.165, 1.54) is 11.3 Å². The molecule has 1 amide bonds. The van der Waals surface area contributed by atoms with Gasteiger partial charge in [0.05, 0.1) is 13.7 Å². The van der Waals surface area contributed by atoms with Crippen LogP contribution in [-0.2, 0) is 11.3 Å². The molecule has 2 fully saturated rings. The van der Waals surface area contributed by atoms with Gasteiger partial charge in [-0.15, -0.1) is 0 Å². The minimum absolute atomic E-state index is 0.166. The first kappa shape index (κ1) is 21.7. The van der Waals surface area contributed by atoms with E-state index in [1.807, 2.05) is 12.1 Å². The minimum Gasteiger partial charge on any atom is -0.497 e. The second-order valence-electron chi connectivity index (χ2n) is 8.56. The number of benzene rings is 2. The van der Waals surface area contributed by atoms with E-state index in [0.29, 0.717) is 12.6 Å². The normalized spacial score (nSPS) is 18.7. The summed E-state index contributed by atoms with van der Waals surface area (Å²) in [5.41, 5.74) is 2.57. The average Bonchev–Trinajstić information content (AvgIpc) is 2.82. The van der Waals surface area contributed by atoms with Gasteiger partial charge in [0.2, 0.25) is 5.91 Å². The van der Waals surface area contributed by atoms with Gasteiger partial charge in [-0.2, -0.15) is 0 Å². The number of anilines is 1. The van der Waals surface area contributed by atoms with E-state index < -0.39 is 0 Å². The summed E-state index contributed by atoms with van der Waals surface area (Å²) in [6.07, 6.45) is 2.06. The Morgan fingerprint density at radius 2 is 1.58 bits per heavy atom. The number of carbonyl (C=O) groups excluding carboxylic acids is 1. The standard InChI is InChI=1S/C25H34N4O2/c1-31-24-9-7-23(8-10-24)29-17-15-28(16-18-29)20-25(30)26-22-11-13-27(14-12-22)19-21-5-3-2-4-6-21/h2-10,22H,11-20H2,1H3,(H,26,30). The average molecular weight is 423 g/mol. The third kappa shape index (κ3) is 6.21. The Balaban J connectivity index is 1.15. The van der Waals surface area contributed by atoms with Crippen LogP contribution in [0.4, 0.5) is 5.69 Å². The number of likely N-dealkylation sites (tertiary alicyclic amines) is 1. The summed E-state index contributed by atoms with van der Waals surface area (Å²) in [5, 5.41) is 3.27. The van der Waals surface area contributed by atoms with Crippen molar-refractivity contribution >= 4 is 11.6 Å². The largest absolute Gasteiger partial charge is 0.497 e. The highest BCUT2D eigenvalue weighted by Gasteiger charge is 2.23. The molecule has 1 N–H and O–H groups in total. The van der Waals surface area contributed by atoms with Crippen LogP contribution in [0.3, 0.4) is 0 Å². The SMILES string of the molecule is COc1ccc(N2CCN(CC(=O)NC3CCN(Cc4ccccc4)CC3)CC2)cc1. The molecule has 0 bridgehead atoms. The van der Waals surface area contributed by atoms with Gasteiger partial charge in [-0.3, -0.25) is 14.6 Å². The molecule has 6 heteroatoms. The number of rotatable bonds is 7. The minimum atomic E-state index is 0.166. The van der Waals surface area contributed by atoms with Crippen molar-refractivity contribution < 1.29 is 9.53 Å². The number of carbonyl (C=O) groups is 1. The van der Waals surface area contributed by atoms with E-state index in [4.69, 9.17) is 4.74 Å². The second kappa shape index (κ2) is 10.6. The summed E-state index contributed by atoms with van der Waals surface area (Å²) >= 11 is 0. The number of hydrogen-bond donors (Lipinski definition) is 1. The lowest BCUT2D eigenvalue weighted by Gasteiger charge is -2.36. The molecule has 2 aromatic carbocycles. The molecule has 6 nitrogen and oxygen atoms in total. The number of piperazine rings is 1. The number of amides is 1. The summed E-state index contributed by atoms with van der Waals surface area (Å²) < 4.78 is 5.24. The van der Waals surface area contributed by atoms with Gasteiger partial charge in [0.15, 0.2) is 0 Å². The second-order valence-corrected chi connectivity index (χ2v) is 8.56. The lowest BCUT2D eigenvalue weighted by molar-refractivity contribution is -0.123. The molecule has 166 valence electrons. The van der Waals surface area contributed by atoms with E-state index in [2.05, 4.69) is 62.5 Å². The van der Waals surface area contributed by atoms with Gasteiger partial charge in [0, 0.05) is 57.5 Å². The van der Waals surface area contributed by atoms with E-state index in [1.54, 1.807) is 7.11 Å². The summed E-state index contributed by atoms with van der Waals surface area (Å²) in [6, 6.07) is 19.1. The van der Waals surface area contributed by atoms with Gasteiger partial charge in [0.1, 0.15) is 5.75 Å². The molecule has 2 aromatic rings. The molecule has 2 aliphatic heterocycles. The first-order valence-electron chi connectivity index (χ1n) is 11.4. The molecule has 2 heterocycles. The van der Waals surface area contributed by atoms with Gasteiger partial charge in [0.25, 0.3) is 0 Å². The van der Waals surface area contributed by atoms with Crippen molar-refractivity contribution in [1.82, 2.24) is 15.1 Å². The third-order valence-electron chi connectivity index (χ3n) is 6.38. The Labute approximate surface area is 185 Å². The number of nitrogens with one attached hydrogen (secondary N) is 1. The van der Waals surface area contributed by atoms with Gasteiger partial charge in [-0.05, 0) is 42.7 Å². The number of methoxy groups -OCH3 is 1. The fraction of sp³-hybridized carbons (Fsp3) is 0.480. The van der Waals surface area contributed by atoms with Crippen molar-refractivity contribution in [1.29, 1.82) is 0 Å². The summed E-state index contributed by atoms with van der Waals surface area (Å²) in [7, 11) is 1.69. The number of hydrogen-bond acceptors (Lipinski definition) is 5. The molecule has 2 saturated heterocycles. The Morgan fingerprint density at radius 3 is 2.23 bits per heavy atom. The Hall–Kier alpha value is -2.57. The molecule has 0 radical (unpaired) electrons. The smallest absolute Gasteiger partial charge is 0.234 e. The monoisotopic (exact) mass is 422 g/mol. The van der Waals surface area contributed by atoms with Crippen LogP contribution in [0.1, 0.15) is 18.4 Å². The summed E-state index contributed by atoms with van der Waals surface area (Å²) in [5.74, 6) is 1.05. The third-order valence-corrected chi connectivity index (χ3v) is 6.38. The molecular formula is C25H34N4O2. The fourth-order valence-corrected chi connectivity index (χ4v) is 4.51. The zero-order valence-electron chi connectivity index (χ0n) is 18.5. The number of piperidine rings is 1. The van der Waals surface area contributed by atoms with E-state index in [-0.39, 0.29) is 5.91 Å². The van der Waals surface area contributed by atoms with Crippen LogP contribution < -0.4 is 15.0 Å². The van der Waals surface area contributed by atoms with Crippen LogP contribution in [-0.4, -0.2) is 74.7 Å². The van der Waals surface area contributed by atoms with E-state index in [9.17, 15) is 4.79 Å². The van der Waals surface area contributed by atoms with Crippen molar-refractivity contribution in [3.05, 3.63) is 60.2 Å².